The van der Waals surface area contributed by atoms with Gasteiger partial charge in [0.15, 0.2) is 6.29 Å². The van der Waals surface area contributed by atoms with Gasteiger partial charge < -0.3 is 0 Å². The molecule has 0 aliphatic rings. The molecule has 0 amide bonds. The van der Waals surface area contributed by atoms with E-state index in [2.05, 4.69) is 4.98 Å². The van der Waals surface area contributed by atoms with Crippen LogP contribution in [0.15, 0.2) is 6.20 Å². The van der Waals surface area contributed by atoms with Crippen LogP contribution in [0.1, 0.15) is 28.0 Å². The SMILES string of the molecule is Cc1c(F)cnc(C=O)c1C(F)F. The third-order valence-electron chi connectivity index (χ3n) is 1.69. The molecule has 1 heterocycles. The van der Waals surface area contributed by atoms with E-state index in [0.29, 0.717) is 0 Å². The molecule has 0 aliphatic heterocycles. The lowest BCUT2D eigenvalue weighted by Crippen LogP contribution is -2.02. The maximum atomic E-state index is 12.7. The van der Waals surface area contributed by atoms with Crippen molar-refractivity contribution >= 4 is 6.29 Å². The van der Waals surface area contributed by atoms with Crippen LogP contribution in [-0.4, -0.2) is 11.3 Å². The lowest BCUT2D eigenvalue weighted by Gasteiger charge is -2.06. The number of hydrogen-bond acceptors (Lipinski definition) is 2. The van der Waals surface area contributed by atoms with Gasteiger partial charge in [0.05, 0.1) is 11.8 Å². The number of aldehydes is 1. The van der Waals surface area contributed by atoms with E-state index in [1.54, 1.807) is 0 Å². The summed E-state index contributed by atoms with van der Waals surface area (Å²) in [5.41, 5.74) is -1.27. The second-order valence-electron chi connectivity index (χ2n) is 2.45. The summed E-state index contributed by atoms with van der Waals surface area (Å²) in [6.45, 7) is 1.19. The number of carbonyl (C=O) groups excluding carboxylic acids is 1. The molecule has 0 unspecified atom stereocenters. The average molecular weight is 189 g/mol. The topological polar surface area (TPSA) is 30.0 Å². The van der Waals surface area contributed by atoms with Crippen LogP contribution in [-0.2, 0) is 0 Å². The van der Waals surface area contributed by atoms with Crippen LogP contribution in [0.4, 0.5) is 13.2 Å². The van der Waals surface area contributed by atoms with Crippen LogP contribution in [0.2, 0.25) is 0 Å². The van der Waals surface area contributed by atoms with Gasteiger partial charge in [0.25, 0.3) is 6.43 Å². The minimum Gasteiger partial charge on any atom is -0.296 e. The lowest BCUT2D eigenvalue weighted by atomic mass is 10.1. The molecule has 0 aromatic carbocycles. The molecular weight excluding hydrogens is 183 g/mol. The standard InChI is InChI=1S/C8H6F3NO/c1-4-5(9)2-12-6(3-13)7(4)8(10)11/h2-3,8H,1H3. The van der Waals surface area contributed by atoms with Gasteiger partial charge in [0.2, 0.25) is 0 Å². The van der Waals surface area contributed by atoms with E-state index >= 15 is 0 Å². The van der Waals surface area contributed by atoms with Gasteiger partial charge in [-0.25, -0.2) is 18.2 Å². The van der Waals surface area contributed by atoms with Crippen LogP contribution in [0, 0.1) is 12.7 Å². The van der Waals surface area contributed by atoms with Crippen molar-refractivity contribution < 1.29 is 18.0 Å². The van der Waals surface area contributed by atoms with Gasteiger partial charge in [-0.2, -0.15) is 0 Å². The predicted molar refractivity (Wildman–Crippen MR) is 39.3 cm³/mol. The quantitative estimate of drug-likeness (QED) is 0.668. The Hall–Kier alpha value is -1.39. The van der Waals surface area contributed by atoms with Crippen molar-refractivity contribution in [3.63, 3.8) is 0 Å². The molecule has 13 heavy (non-hydrogen) atoms. The summed E-state index contributed by atoms with van der Waals surface area (Å²) >= 11 is 0. The van der Waals surface area contributed by atoms with Gasteiger partial charge in [0, 0.05) is 0 Å². The molecule has 5 heteroatoms. The maximum Gasteiger partial charge on any atom is 0.266 e. The number of pyridine rings is 1. The smallest absolute Gasteiger partial charge is 0.266 e. The van der Waals surface area contributed by atoms with E-state index < -0.39 is 23.5 Å². The molecule has 0 radical (unpaired) electrons. The fraction of sp³-hybridized carbons (Fsp3) is 0.250. The molecule has 0 spiro atoms. The highest BCUT2D eigenvalue weighted by Gasteiger charge is 2.19. The van der Waals surface area contributed by atoms with E-state index in [1.807, 2.05) is 0 Å². The van der Waals surface area contributed by atoms with E-state index in [1.165, 1.54) is 6.92 Å². The predicted octanol–water partition coefficient (Wildman–Crippen LogP) is 2.28. The summed E-state index contributed by atoms with van der Waals surface area (Å²) in [6.07, 6.45) is -1.94. The molecule has 70 valence electrons. The first-order chi connectivity index (χ1) is 6.07. The zero-order valence-corrected chi connectivity index (χ0v) is 6.72. The Labute approximate surface area is 72.4 Å². The highest BCUT2D eigenvalue weighted by molar-refractivity contribution is 5.75. The molecule has 1 aromatic heterocycles. The number of rotatable bonds is 2. The van der Waals surface area contributed by atoms with Gasteiger partial charge in [-0.3, -0.25) is 4.79 Å². The molecule has 0 saturated carbocycles. The van der Waals surface area contributed by atoms with Gasteiger partial charge >= 0.3 is 0 Å². The van der Waals surface area contributed by atoms with Crippen molar-refractivity contribution in [2.45, 2.75) is 13.3 Å². The second-order valence-corrected chi connectivity index (χ2v) is 2.45. The fourth-order valence-corrected chi connectivity index (χ4v) is 0.983. The first-order valence-corrected chi connectivity index (χ1v) is 3.46. The summed E-state index contributed by atoms with van der Waals surface area (Å²) in [4.78, 5) is 13.5. The Bertz CT molecular complexity index is 338. The summed E-state index contributed by atoms with van der Waals surface area (Å²) < 4.78 is 37.3. The lowest BCUT2D eigenvalue weighted by molar-refractivity contribution is 0.110. The Morgan fingerprint density at radius 2 is 2.15 bits per heavy atom. The molecule has 0 bridgehead atoms. The van der Waals surface area contributed by atoms with Crippen molar-refractivity contribution in [2.75, 3.05) is 0 Å². The number of aromatic nitrogens is 1. The van der Waals surface area contributed by atoms with Gasteiger partial charge in [-0.1, -0.05) is 0 Å². The normalized spacial score (nSPS) is 10.5. The Morgan fingerprint density at radius 3 is 2.62 bits per heavy atom. The molecular formula is C8H6F3NO. The zero-order chi connectivity index (χ0) is 10.0. The molecule has 2 nitrogen and oxygen atoms in total. The summed E-state index contributed by atoms with van der Waals surface area (Å²) in [5.74, 6) is -0.832. The van der Waals surface area contributed by atoms with Crippen molar-refractivity contribution in [1.29, 1.82) is 0 Å². The third kappa shape index (κ3) is 1.68. The number of alkyl halides is 2. The summed E-state index contributed by atoms with van der Waals surface area (Å²) in [6, 6.07) is 0. The average Bonchev–Trinajstić information content (AvgIpc) is 2.08. The Morgan fingerprint density at radius 1 is 1.54 bits per heavy atom. The number of hydrogen-bond donors (Lipinski definition) is 0. The molecule has 0 atom stereocenters. The molecule has 0 N–H and O–H groups in total. The summed E-state index contributed by atoms with van der Waals surface area (Å²) in [5, 5.41) is 0. The minimum atomic E-state index is -2.89. The van der Waals surface area contributed by atoms with Crippen LogP contribution in [0.3, 0.4) is 0 Å². The number of nitrogens with zero attached hydrogens (tertiary/aromatic N) is 1. The summed E-state index contributed by atoms with van der Waals surface area (Å²) in [7, 11) is 0. The second kappa shape index (κ2) is 3.55. The highest BCUT2D eigenvalue weighted by Crippen LogP contribution is 2.25. The van der Waals surface area contributed by atoms with Crippen molar-refractivity contribution in [2.24, 2.45) is 0 Å². The van der Waals surface area contributed by atoms with E-state index in [4.69, 9.17) is 0 Å². The van der Waals surface area contributed by atoms with Gasteiger partial charge in [-0.15, -0.1) is 0 Å². The molecule has 1 rings (SSSR count). The van der Waals surface area contributed by atoms with E-state index in [-0.39, 0.29) is 11.8 Å². The maximum absolute atomic E-state index is 12.7. The van der Waals surface area contributed by atoms with Crippen LogP contribution in [0.25, 0.3) is 0 Å². The van der Waals surface area contributed by atoms with E-state index in [0.717, 1.165) is 6.20 Å². The van der Waals surface area contributed by atoms with Crippen molar-refractivity contribution in [3.05, 3.63) is 28.8 Å². The van der Waals surface area contributed by atoms with Gasteiger partial charge in [0.1, 0.15) is 11.5 Å². The molecule has 0 fully saturated rings. The van der Waals surface area contributed by atoms with Crippen molar-refractivity contribution in [1.82, 2.24) is 4.98 Å². The zero-order valence-electron chi connectivity index (χ0n) is 6.72. The molecule has 1 aromatic rings. The highest BCUT2D eigenvalue weighted by atomic mass is 19.3. The molecule has 0 saturated heterocycles. The third-order valence-corrected chi connectivity index (χ3v) is 1.69. The van der Waals surface area contributed by atoms with E-state index in [9.17, 15) is 18.0 Å². The monoisotopic (exact) mass is 189 g/mol. The Balaban J connectivity index is 3.41. The Kier molecular flexibility index (Phi) is 2.65. The first kappa shape index (κ1) is 9.70. The van der Waals surface area contributed by atoms with Crippen LogP contribution >= 0.6 is 0 Å². The fourth-order valence-electron chi connectivity index (χ4n) is 0.983. The van der Waals surface area contributed by atoms with Gasteiger partial charge in [-0.05, 0) is 12.5 Å². The number of carbonyl (C=O) groups is 1. The van der Waals surface area contributed by atoms with Crippen LogP contribution < -0.4 is 0 Å². The largest absolute Gasteiger partial charge is 0.296 e. The number of halogens is 3. The first-order valence-electron chi connectivity index (χ1n) is 3.46. The van der Waals surface area contributed by atoms with Crippen LogP contribution in [0.5, 0.6) is 0 Å². The molecule has 0 aliphatic carbocycles. The minimum absolute atomic E-state index is 0.188. The van der Waals surface area contributed by atoms with Crippen molar-refractivity contribution in [3.8, 4) is 0 Å².